The summed E-state index contributed by atoms with van der Waals surface area (Å²) in [5.74, 6) is 0.153. The second-order valence-electron chi connectivity index (χ2n) is 3.84. The third-order valence-corrected chi connectivity index (χ3v) is 3.95. The molecular formula is C9H11N7O4S. The summed E-state index contributed by atoms with van der Waals surface area (Å²) in [6.45, 7) is -0.180. The van der Waals surface area contributed by atoms with Crippen molar-refractivity contribution in [1.29, 1.82) is 0 Å². The molecule has 3 N–H and O–H groups in total. The van der Waals surface area contributed by atoms with Gasteiger partial charge >= 0.3 is 0 Å². The molecule has 0 aliphatic heterocycles. The molecule has 0 spiro atoms. The fraction of sp³-hybridized carbons (Fsp3) is 0.222. The van der Waals surface area contributed by atoms with Crippen LogP contribution in [-0.4, -0.2) is 41.0 Å². The summed E-state index contributed by atoms with van der Waals surface area (Å²) >= 11 is 0. The van der Waals surface area contributed by atoms with Crippen LogP contribution in [0.15, 0.2) is 23.1 Å². The standard InChI is InChI=1S/C9H11N7O4S/c1-10-7-3-2-6(4-8(7)16(17)18)21(19,20)11-5-9-12-14-15-13-9/h2-4,10-11H,5H2,1H3,(H,12,13,14,15). The van der Waals surface area contributed by atoms with Crippen LogP contribution in [0.2, 0.25) is 0 Å². The second-order valence-corrected chi connectivity index (χ2v) is 5.61. The number of aromatic nitrogens is 4. The van der Waals surface area contributed by atoms with E-state index in [0.29, 0.717) is 0 Å². The van der Waals surface area contributed by atoms with Crippen LogP contribution in [0, 0.1) is 10.1 Å². The first-order valence-electron chi connectivity index (χ1n) is 5.62. The van der Waals surface area contributed by atoms with Gasteiger partial charge in [-0.05, 0) is 12.1 Å². The fourth-order valence-corrected chi connectivity index (χ4v) is 2.54. The number of anilines is 1. The Hall–Kier alpha value is -2.60. The Labute approximate surface area is 119 Å². The van der Waals surface area contributed by atoms with E-state index < -0.39 is 14.9 Å². The molecule has 0 bridgehead atoms. The third-order valence-electron chi connectivity index (χ3n) is 2.56. The zero-order valence-electron chi connectivity index (χ0n) is 10.8. The zero-order chi connectivity index (χ0) is 15.5. The van der Waals surface area contributed by atoms with E-state index in [1.807, 2.05) is 0 Å². The van der Waals surface area contributed by atoms with Crippen molar-refractivity contribution in [3.05, 3.63) is 34.1 Å². The molecule has 112 valence electrons. The molecule has 1 aromatic heterocycles. The van der Waals surface area contributed by atoms with Crippen molar-refractivity contribution in [3.8, 4) is 0 Å². The van der Waals surface area contributed by atoms with Crippen LogP contribution in [0.4, 0.5) is 11.4 Å². The molecule has 0 saturated heterocycles. The molecule has 0 saturated carbocycles. The van der Waals surface area contributed by atoms with Crippen molar-refractivity contribution >= 4 is 21.4 Å². The topological polar surface area (TPSA) is 156 Å². The van der Waals surface area contributed by atoms with E-state index >= 15 is 0 Å². The predicted octanol–water partition coefficient (Wildman–Crippen LogP) is -0.372. The number of nitrogens with zero attached hydrogens (tertiary/aromatic N) is 4. The molecule has 11 nitrogen and oxygen atoms in total. The maximum Gasteiger partial charge on any atom is 0.293 e. The Balaban J connectivity index is 2.27. The molecule has 0 atom stereocenters. The van der Waals surface area contributed by atoms with E-state index in [9.17, 15) is 18.5 Å². The molecule has 2 rings (SSSR count). The normalized spacial score (nSPS) is 11.3. The van der Waals surface area contributed by atoms with Gasteiger partial charge in [0.1, 0.15) is 5.69 Å². The fourth-order valence-electron chi connectivity index (χ4n) is 1.54. The number of aromatic amines is 1. The summed E-state index contributed by atoms with van der Waals surface area (Å²) in [6.07, 6.45) is 0. The molecule has 1 aromatic carbocycles. The van der Waals surface area contributed by atoms with E-state index in [4.69, 9.17) is 0 Å². The van der Waals surface area contributed by atoms with Gasteiger partial charge in [0.15, 0.2) is 5.82 Å². The maximum atomic E-state index is 12.1. The van der Waals surface area contributed by atoms with E-state index in [1.54, 1.807) is 0 Å². The number of nitrogens with one attached hydrogen (secondary N) is 3. The molecule has 12 heteroatoms. The van der Waals surface area contributed by atoms with Gasteiger partial charge in [0.25, 0.3) is 5.69 Å². The summed E-state index contributed by atoms with van der Waals surface area (Å²) in [5, 5.41) is 26.2. The first-order chi connectivity index (χ1) is 9.94. The number of benzene rings is 1. The molecule has 2 aromatic rings. The van der Waals surface area contributed by atoms with Gasteiger partial charge in [0.05, 0.1) is 16.4 Å². The van der Waals surface area contributed by atoms with Crippen LogP contribution in [0.1, 0.15) is 5.82 Å². The van der Waals surface area contributed by atoms with Crippen LogP contribution in [-0.2, 0) is 16.6 Å². The van der Waals surface area contributed by atoms with Crippen LogP contribution in [0.5, 0.6) is 0 Å². The van der Waals surface area contributed by atoms with Crippen molar-refractivity contribution in [3.63, 3.8) is 0 Å². The van der Waals surface area contributed by atoms with Crippen molar-refractivity contribution in [2.24, 2.45) is 0 Å². The van der Waals surface area contributed by atoms with Crippen LogP contribution in [0.3, 0.4) is 0 Å². The second kappa shape index (κ2) is 5.80. The Morgan fingerprint density at radius 1 is 1.43 bits per heavy atom. The van der Waals surface area contributed by atoms with Crippen LogP contribution < -0.4 is 10.0 Å². The molecule has 0 amide bonds. The number of tetrazole rings is 1. The highest BCUT2D eigenvalue weighted by atomic mass is 32.2. The maximum absolute atomic E-state index is 12.1. The minimum atomic E-state index is -3.92. The summed E-state index contributed by atoms with van der Waals surface area (Å²) < 4.78 is 26.3. The molecule has 0 aliphatic carbocycles. The molecular weight excluding hydrogens is 302 g/mol. The summed E-state index contributed by atoms with van der Waals surface area (Å²) in [7, 11) is -2.42. The van der Waals surface area contributed by atoms with Gasteiger partial charge in [-0.1, -0.05) is 5.21 Å². The SMILES string of the molecule is CNc1ccc(S(=O)(=O)NCc2nn[nH]n2)cc1[N+](=O)[O-]. The Morgan fingerprint density at radius 3 is 2.76 bits per heavy atom. The van der Waals surface area contributed by atoms with E-state index in [-0.39, 0.29) is 28.6 Å². The molecule has 1 heterocycles. The molecule has 0 aliphatic rings. The number of sulfonamides is 1. The summed E-state index contributed by atoms with van der Waals surface area (Å²) in [6, 6.07) is 3.56. The minimum absolute atomic E-state index is 0.153. The van der Waals surface area contributed by atoms with Crippen LogP contribution >= 0.6 is 0 Å². The lowest BCUT2D eigenvalue weighted by atomic mass is 10.3. The lowest BCUT2D eigenvalue weighted by Crippen LogP contribution is -2.24. The van der Waals surface area contributed by atoms with Gasteiger partial charge in [-0.25, -0.2) is 13.1 Å². The average Bonchev–Trinajstić information content (AvgIpc) is 2.97. The van der Waals surface area contributed by atoms with Gasteiger partial charge < -0.3 is 5.32 Å². The van der Waals surface area contributed by atoms with E-state index in [1.165, 1.54) is 19.2 Å². The number of H-pyrrole nitrogens is 1. The minimum Gasteiger partial charge on any atom is -0.383 e. The van der Waals surface area contributed by atoms with E-state index in [0.717, 1.165) is 6.07 Å². The Morgan fingerprint density at radius 2 is 2.19 bits per heavy atom. The highest BCUT2D eigenvalue weighted by Crippen LogP contribution is 2.26. The molecule has 0 unspecified atom stereocenters. The number of hydrogen-bond donors (Lipinski definition) is 3. The number of hydrogen-bond acceptors (Lipinski definition) is 8. The zero-order valence-corrected chi connectivity index (χ0v) is 11.6. The van der Waals surface area contributed by atoms with Gasteiger partial charge in [0, 0.05) is 13.1 Å². The van der Waals surface area contributed by atoms with Gasteiger partial charge in [-0.15, -0.1) is 10.2 Å². The Bertz CT molecular complexity index is 743. The average molecular weight is 313 g/mol. The monoisotopic (exact) mass is 313 g/mol. The first-order valence-corrected chi connectivity index (χ1v) is 7.10. The molecule has 0 radical (unpaired) electrons. The quantitative estimate of drug-likeness (QED) is 0.481. The van der Waals surface area contributed by atoms with Crippen molar-refractivity contribution in [2.75, 3.05) is 12.4 Å². The van der Waals surface area contributed by atoms with E-state index in [2.05, 4.69) is 30.7 Å². The predicted molar refractivity (Wildman–Crippen MR) is 70.8 cm³/mol. The highest BCUT2D eigenvalue weighted by Gasteiger charge is 2.21. The van der Waals surface area contributed by atoms with Crippen molar-refractivity contribution < 1.29 is 13.3 Å². The summed E-state index contributed by atoms with van der Waals surface area (Å²) in [5.41, 5.74) is -0.114. The highest BCUT2D eigenvalue weighted by molar-refractivity contribution is 7.89. The number of rotatable bonds is 6. The first kappa shape index (κ1) is 14.8. The lowest BCUT2D eigenvalue weighted by molar-refractivity contribution is -0.384. The number of nitro groups is 1. The third kappa shape index (κ3) is 3.29. The number of nitro benzene ring substituents is 1. The van der Waals surface area contributed by atoms with Crippen molar-refractivity contribution in [2.45, 2.75) is 11.4 Å². The van der Waals surface area contributed by atoms with Gasteiger partial charge in [-0.2, -0.15) is 5.21 Å². The molecule has 21 heavy (non-hydrogen) atoms. The van der Waals surface area contributed by atoms with Gasteiger partial charge in [0.2, 0.25) is 10.0 Å². The van der Waals surface area contributed by atoms with Crippen molar-refractivity contribution in [1.82, 2.24) is 25.3 Å². The largest absolute Gasteiger partial charge is 0.383 e. The lowest BCUT2D eigenvalue weighted by Gasteiger charge is -2.07. The molecule has 0 fully saturated rings. The van der Waals surface area contributed by atoms with Gasteiger partial charge in [-0.3, -0.25) is 10.1 Å². The van der Waals surface area contributed by atoms with Crippen LogP contribution in [0.25, 0.3) is 0 Å². The smallest absolute Gasteiger partial charge is 0.293 e. The summed E-state index contributed by atoms with van der Waals surface area (Å²) in [4.78, 5) is 10.0. The Kier molecular flexibility index (Phi) is 4.09.